The zero-order chi connectivity index (χ0) is 14.3. The summed E-state index contributed by atoms with van der Waals surface area (Å²) in [5, 5.41) is 2.88. The quantitative estimate of drug-likeness (QED) is 0.588. The highest BCUT2D eigenvalue weighted by Gasteiger charge is 2.15. The molecule has 4 nitrogen and oxygen atoms in total. The van der Waals surface area contributed by atoms with Crippen molar-refractivity contribution >= 4 is 11.6 Å². The van der Waals surface area contributed by atoms with Crippen LogP contribution in [0.5, 0.6) is 5.75 Å². The van der Waals surface area contributed by atoms with Gasteiger partial charge in [-0.1, -0.05) is 25.8 Å². The fourth-order valence-electron chi connectivity index (χ4n) is 1.73. The van der Waals surface area contributed by atoms with Crippen LogP contribution in [-0.2, 0) is 4.79 Å². The minimum Gasteiger partial charge on any atom is -0.481 e. The molecule has 4 heteroatoms. The van der Waals surface area contributed by atoms with Crippen LogP contribution in [0.2, 0.25) is 0 Å². The summed E-state index contributed by atoms with van der Waals surface area (Å²) in [6.45, 7) is 6.47. The summed E-state index contributed by atoms with van der Waals surface area (Å²) in [6, 6.07) is 5.47. The third-order valence-electron chi connectivity index (χ3n) is 3.08. The lowest BCUT2D eigenvalue weighted by Crippen LogP contribution is -2.36. The number of nitrogens with two attached hydrogens (primary N) is 1. The topological polar surface area (TPSA) is 64.3 Å². The molecule has 0 saturated carbocycles. The van der Waals surface area contributed by atoms with E-state index in [9.17, 15) is 4.79 Å². The molecule has 3 N–H and O–H groups in total. The number of benzene rings is 1. The first kappa shape index (κ1) is 15.3. The van der Waals surface area contributed by atoms with Gasteiger partial charge in [-0.05, 0) is 32.4 Å². The lowest BCUT2D eigenvalue weighted by Gasteiger charge is -2.16. The van der Waals surface area contributed by atoms with Gasteiger partial charge in [0.25, 0.3) is 5.91 Å². The van der Waals surface area contributed by atoms with Crippen LogP contribution in [0.15, 0.2) is 18.2 Å². The van der Waals surface area contributed by atoms with Crippen molar-refractivity contribution in [3.8, 4) is 5.75 Å². The molecular formula is C15H24N2O2. The Hall–Kier alpha value is -1.71. The number of hydrogen-bond donors (Lipinski definition) is 2. The van der Waals surface area contributed by atoms with Crippen molar-refractivity contribution in [2.24, 2.45) is 0 Å². The number of anilines is 1. The molecule has 0 aliphatic rings. The monoisotopic (exact) mass is 264 g/mol. The number of hydrogen-bond acceptors (Lipinski definition) is 3. The Morgan fingerprint density at radius 2 is 2.16 bits per heavy atom. The van der Waals surface area contributed by atoms with E-state index >= 15 is 0 Å². The third kappa shape index (κ3) is 4.81. The molecule has 0 heterocycles. The molecule has 1 amide bonds. The SMILES string of the molecule is CCCCCNC(=O)C(C)Oc1cccc(N)c1C. The van der Waals surface area contributed by atoms with Crippen LogP contribution in [0.4, 0.5) is 5.69 Å². The van der Waals surface area contributed by atoms with Gasteiger partial charge >= 0.3 is 0 Å². The predicted octanol–water partition coefficient (Wildman–Crippen LogP) is 2.65. The Bertz CT molecular complexity index is 419. The van der Waals surface area contributed by atoms with Crippen molar-refractivity contribution in [1.82, 2.24) is 5.32 Å². The highest BCUT2D eigenvalue weighted by Crippen LogP contribution is 2.23. The molecule has 0 bridgehead atoms. The molecule has 0 radical (unpaired) electrons. The van der Waals surface area contributed by atoms with Gasteiger partial charge in [0.05, 0.1) is 0 Å². The van der Waals surface area contributed by atoms with Gasteiger partial charge in [-0.2, -0.15) is 0 Å². The second kappa shape index (κ2) is 7.67. The summed E-state index contributed by atoms with van der Waals surface area (Å²) in [5.41, 5.74) is 7.35. The Balaban J connectivity index is 2.47. The van der Waals surface area contributed by atoms with Gasteiger partial charge in [-0.15, -0.1) is 0 Å². The number of rotatable bonds is 7. The molecule has 0 aliphatic heterocycles. The third-order valence-corrected chi connectivity index (χ3v) is 3.08. The van der Waals surface area contributed by atoms with E-state index in [0.29, 0.717) is 18.0 Å². The number of nitrogens with one attached hydrogen (secondary N) is 1. The maximum atomic E-state index is 11.8. The molecular weight excluding hydrogens is 240 g/mol. The van der Waals surface area contributed by atoms with Crippen molar-refractivity contribution in [2.75, 3.05) is 12.3 Å². The lowest BCUT2D eigenvalue weighted by molar-refractivity contribution is -0.127. The van der Waals surface area contributed by atoms with Crippen molar-refractivity contribution < 1.29 is 9.53 Å². The van der Waals surface area contributed by atoms with Crippen LogP contribution >= 0.6 is 0 Å². The Morgan fingerprint density at radius 1 is 1.42 bits per heavy atom. The van der Waals surface area contributed by atoms with E-state index in [2.05, 4.69) is 12.2 Å². The number of carbonyl (C=O) groups excluding carboxylic acids is 1. The maximum absolute atomic E-state index is 11.8. The zero-order valence-corrected chi connectivity index (χ0v) is 12.0. The Kier molecular flexibility index (Phi) is 6.19. The van der Waals surface area contributed by atoms with Crippen LogP contribution in [-0.4, -0.2) is 18.6 Å². The molecule has 0 spiro atoms. The van der Waals surface area contributed by atoms with Crippen molar-refractivity contribution in [1.29, 1.82) is 0 Å². The van der Waals surface area contributed by atoms with Gasteiger partial charge in [-0.3, -0.25) is 4.79 Å². The van der Waals surface area contributed by atoms with Crippen LogP contribution < -0.4 is 15.8 Å². The van der Waals surface area contributed by atoms with Gasteiger partial charge < -0.3 is 15.8 Å². The summed E-state index contributed by atoms with van der Waals surface area (Å²) < 4.78 is 5.65. The normalized spacial score (nSPS) is 11.9. The molecule has 1 rings (SSSR count). The van der Waals surface area contributed by atoms with E-state index in [-0.39, 0.29) is 5.91 Å². The minimum atomic E-state index is -0.512. The van der Waals surface area contributed by atoms with Crippen molar-refractivity contribution in [3.05, 3.63) is 23.8 Å². The van der Waals surface area contributed by atoms with Crippen molar-refractivity contribution in [2.45, 2.75) is 46.1 Å². The summed E-state index contributed by atoms with van der Waals surface area (Å²) in [5.74, 6) is 0.578. The second-order valence-corrected chi connectivity index (χ2v) is 4.73. The first-order chi connectivity index (χ1) is 9.06. The highest BCUT2D eigenvalue weighted by molar-refractivity contribution is 5.80. The number of amides is 1. The first-order valence-electron chi connectivity index (χ1n) is 6.85. The number of nitrogen functional groups attached to an aromatic ring is 1. The van der Waals surface area contributed by atoms with Crippen LogP contribution in [0, 0.1) is 6.92 Å². The lowest BCUT2D eigenvalue weighted by atomic mass is 10.2. The van der Waals surface area contributed by atoms with Crippen LogP contribution in [0.1, 0.15) is 38.7 Å². The molecule has 1 unspecified atom stereocenters. The summed E-state index contributed by atoms with van der Waals surface area (Å²) in [6.07, 6.45) is 2.77. The second-order valence-electron chi connectivity index (χ2n) is 4.73. The van der Waals surface area contributed by atoms with Crippen LogP contribution in [0.3, 0.4) is 0 Å². The number of ether oxygens (including phenoxy) is 1. The van der Waals surface area contributed by atoms with E-state index in [1.54, 1.807) is 6.92 Å². The van der Waals surface area contributed by atoms with Gasteiger partial charge in [0.2, 0.25) is 0 Å². The van der Waals surface area contributed by atoms with Gasteiger partial charge in [0, 0.05) is 17.8 Å². The largest absolute Gasteiger partial charge is 0.481 e. The fourth-order valence-corrected chi connectivity index (χ4v) is 1.73. The number of unbranched alkanes of at least 4 members (excludes halogenated alkanes) is 2. The maximum Gasteiger partial charge on any atom is 0.260 e. The van der Waals surface area contributed by atoms with Gasteiger partial charge in [0.1, 0.15) is 5.75 Å². The smallest absolute Gasteiger partial charge is 0.260 e. The first-order valence-corrected chi connectivity index (χ1v) is 6.85. The Labute approximate surface area is 115 Å². The average Bonchev–Trinajstić information content (AvgIpc) is 2.39. The molecule has 1 aromatic carbocycles. The molecule has 19 heavy (non-hydrogen) atoms. The average molecular weight is 264 g/mol. The van der Waals surface area contributed by atoms with Gasteiger partial charge in [0.15, 0.2) is 6.10 Å². The molecule has 106 valence electrons. The fraction of sp³-hybridized carbons (Fsp3) is 0.533. The van der Waals surface area contributed by atoms with E-state index in [0.717, 1.165) is 24.8 Å². The van der Waals surface area contributed by atoms with Gasteiger partial charge in [-0.25, -0.2) is 0 Å². The van der Waals surface area contributed by atoms with E-state index in [1.165, 1.54) is 0 Å². The standard InChI is InChI=1S/C15H24N2O2/c1-4-5-6-10-17-15(18)12(3)19-14-9-7-8-13(16)11(14)2/h7-9,12H,4-6,10,16H2,1-3H3,(H,17,18). The molecule has 0 aliphatic carbocycles. The molecule has 0 saturated heterocycles. The van der Waals surface area contributed by atoms with E-state index < -0.39 is 6.10 Å². The number of carbonyl (C=O) groups is 1. The summed E-state index contributed by atoms with van der Waals surface area (Å²) in [7, 11) is 0. The predicted molar refractivity (Wildman–Crippen MR) is 78.2 cm³/mol. The Morgan fingerprint density at radius 3 is 2.84 bits per heavy atom. The van der Waals surface area contributed by atoms with E-state index in [1.807, 2.05) is 25.1 Å². The summed E-state index contributed by atoms with van der Waals surface area (Å²) in [4.78, 5) is 11.8. The van der Waals surface area contributed by atoms with Crippen LogP contribution in [0.25, 0.3) is 0 Å². The summed E-state index contributed by atoms with van der Waals surface area (Å²) >= 11 is 0. The minimum absolute atomic E-state index is 0.0853. The molecule has 0 aromatic heterocycles. The molecule has 1 atom stereocenters. The highest BCUT2D eigenvalue weighted by atomic mass is 16.5. The van der Waals surface area contributed by atoms with Crippen molar-refractivity contribution in [3.63, 3.8) is 0 Å². The molecule has 1 aromatic rings. The molecule has 0 fully saturated rings. The zero-order valence-electron chi connectivity index (χ0n) is 12.0. The van der Waals surface area contributed by atoms with E-state index in [4.69, 9.17) is 10.5 Å².